The highest BCUT2D eigenvalue weighted by molar-refractivity contribution is 9.12. The summed E-state index contributed by atoms with van der Waals surface area (Å²) < 4.78 is 26.5. The molecule has 0 aromatic heterocycles. The van der Waals surface area contributed by atoms with Crippen LogP contribution in [-0.4, -0.2) is 50.4 Å². The van der Waals surface area contributed by atoms with Gasteiger partial charge in [-0.2, -0.15) is 0 Å². The van der Waals surface area contributed by atoms with Crippen molar-refractivity contribution in [2.45, 2.75) is 29.2 Å². The lowest BCUT2D eigenvalue weighted by atomic mass is 10.1. The Morgan fingerprint density at radius 1 is 1.28 bits per heavy atom. The number of alkyl halides is 1. The number of halogens is 2. The maximum Gasteiger partial charge on any atom is 0.272 e. The quantitative estimate of drug-likeness (QED) is 0.416. The molecule has 2 fully saturated rings. The molecule has 0 aromatic rings. The lowest BCUT2D eigenvalue weighted by Crippen LogP contribution is -3.00. The molecule has 0 saturated carbocycles. The summed E-state index contributed by atoms with van der Waals surface area (Å²) in [7, 11) is -2.91. The van der Waals surface area contributed by atoms with E-state index in [1.807, 2.05) is 0 Å². The Labute approximate surface area is 136 Å². The summed E-state index contributed by atoms with van der Waals surface area (Å²) >= 11 is 7.09. The number of nitrogens with zero attached hydrogens (tertiary/aromatic N) is 1. The maximum atomic E-state index is 11.8. The van der Waals surface area contributed by atoms with Crippen LogP contribution in [0.3, 0.4) is 0 Å². The summed E-state index contributed by atoms with van der Waals surface area (Å²) in [5.74, 6) is 0.507. The molecule has 0 N–H and O–H groups in total. The summed E-state index contributed by atoms with van der Waals surface area (Å²) in [6.07, 6.45) is 0. The van der Waals surface area contributed by atoms with Gasteiger partial charge in [-0.05, 0) is 44.3 Å². The van der Waals surface area contributed by atoms with Crippen LogP contribution in [0, 0.1) is 0 Å². The van der Waals surface area contributed by atoms with Crippen molar-refractivity contribution >= 4 is 53.7 Å². The molecular weight excluding hydrogens is 422 g/mol. The zero-order valence-electron chi connectivity index (χ0n) is 10.6. The lowest BCUT2D eigenvalue weighted by molar-refractivity contribution is -0.515. The molecule has 106 valence electrons. The first kappa shape index (κ1) is 17.3. The normalized spacial score (nSPS) is 37.2. The summed E-state index contributed by atoms with van der Waals surface area (Å²) in [6, 6.07) is 0. The Kier molecular flexibility index (Phi) is 5.37. The molecule has 2 atom stereocenters. The van der Waals surface area contributed by atoms with Crippen LogP contribution in [0.25, 0.3) is 0 Å². The van der Waals surface area contributed by atoms with Crippen LogP contribution < -0.4 is 17.0 Å². The predicted octanol–water partition coefficient (Wildman–Crippen LogP) is -0.843. The minimum atomic E-state index is -2.91. The SMILES string of the molecule is CC[N+](CC)=C1SC2(C)CS(=O)(=O)CC2(Br)S1.[Br-]. The molecular formula is C10H17Br2NO2S3. The molecule has 0 amide bonds. The van der Waals surface area contributed by atoms with Crippen molar-refractivity contribution in [3.8, 4) is 0 Å². The van der Waals surface area contributed by atoms with E-state index in [0.717, 1.165) is 13.1 Å². The molecule has 8 heteroatoms. The van der Waals surface area contributed by atoms with Crippen LogP contribution in [-0.2, 0) is 9.84 Å². The zero-order chi connectivity index (χ0) is 12.9. The largest absolute Gasteiger partial charge is 1.00 e. The molecule has 0 spiro atoms. The average molecular weight is 439 g/mol. The first-order chi connectivity index (χ1) is 7.75. The van der Waals surface area contributed by atoms with Crippen LogP contribution >= 0.6 is 39.5 Å². The Bertz CT molecular complexity index is 446. The van der Waals surface area contributed by atoms with Crippen molar-refractivity contribution in [1.82, 2.24) is 0 Å². The van der Waals surface area contributed by atoms with Gasteiger partial charge in [0.2, 0.25) is 0 Å². The van der Waals surface area contributed by atoms with E-state index < -0.39 is 9.84 Å². The fourth-order valence-electron chi connectivity index (χ4n) is 2.22. The Hall–Kier alpha value is 1.28. The van der Waals surface area contributed by atoms with Gasteiger partial charge in [0.25, 0.3) is 4.38 Å². The Morgan fingerprint density at radius 3 is 2.28 bits per heavy atom. The Morgan fingerprint density at radius 2 is 1.83 bits per heavy atom. The molecule has 18 heavy (non-hydrogen) atoms. The highest BCUT2D eigenvalue weighted by Crippen LogP contribution is 2.62. The van der Waals surface area contributed by atoms with Crippen LogP contribution in [0.1, 0.15) is 20.8 Å². The third kappa shape index (κ3) is 2.82. The van der Waals surface area contributed by atoms with Crippen molar-refractivity contribution in [2.75, 3.05) is 24.6 Å². The van der Waals surface area contributed by atoms with E-state index in [1.165, 1.54) is 4.38 Å². The van der Waals surface area contributed by atoms with E-state index in [2.05, 4.69) is 41.3 Å². The highest BCUT2D eigenvalue weighted by atomic mass is 79.9. The van der Waals surface area contributed by atoms with Crippen molar-refractivity contribution in [1.29, 1.82) is 0 Å². The van der Waals surface area contributed by atoms with Gasteiger partial charge in [-0.1, -0.05) is 15.9 Å². The molecule has 2 aliphatic heterocycles. The Balaban J connectivity index is 0.00000162. The molecule has 0 radical (unpaired) electrons. The molecule has 2 rings (SSSR count). The molecule has 3 nitrogen and oxygen atoms in total. The van der Waals surface area contributed by atoms with Gasteiger partial charge < -0.3 is 17.0 Å². The van der Waals surface area contributed by atoms with Crippen LogP contribution in [0.4, 0.5) is 0 Å². The van der Waals surface area contributed by atoms with Gasteiger partial charge >= 0.3 is 0 Å². The molecule has 0 bridgehead atoms. The smallest absolute Gasteiger partial charge is 0.272 e. The third-order valence-corrected chi connectivity index (χ3v) is 11.2. The van der Waals surface area contributed by atoms with E-state index in [4.69, 9.17) is 0 Å². The number of fused-ring (bicyclic) bond motifs is 1. The molecule has 0 aromatic carbocycles. The summed E-state index contributed by atoms with van der Waals surface area (Å²) in [5, 5.41) is 0. The van der Waals surface area contributed by atoms with E-state index in [1.54, 1.807) is 23.5 Å². The van der Waals surface area contributed by atoms with Crippen LogP contribution in [0.5, 0.6) is 0 Å². The van der Waals surface area contributed by atoms with Gasteiger partial charge in [0.05, 0.1) is 16.3 Å². The second-order valence-corrected chi connectivity index (χ2v) is 11.6. The van der Waals surface area contributed by atoms with Gasteiger partial charge in [-0.25, -0.2) is 13.0 Å². The number of rotatable bonds is 2. The first-order valence-electron chi connectivity index (χ1n) is 5.64. The molecule has 2 aliphatic rings. The third-order valence-electron chi connectivity index (χ3n) is 3.27. The highest BCUT2D eigenvalue weighted by Gasteiger charge is 2.65. The molecule has 2 unspecified atom stereocenters. The van der Waals surface area contributed by atoms with Crippen molar-refractivity contribution in [3.63, 3.8) is 0 Å². The fraction of sp³-hybridized carbons (Fsp3) is 0.900. The van der Waals surface area contributed by atoms with E-state index in [-0.39, 0.29) is 36.9 Å². The molecule has 0 aliphatic carbocycles. The average Bonchev–Trinajstić information content (AvgIpc) is 2.46. The van der Waals surface area contributed by atoms with Crippen LogP contribution in [0.15, 0.2) is 0 Å². The first-order valence-corrected chi connectivity index (χ1v) is 9.89. The topological polar surface area (TPSA) is 37.1 Å². The minimum absolute atomic E-state index is 0. The minimum Gasteiger partial charge on any atom is -1.00 e. The molecule has 2 saturated heterocycles. The summed E-state index contributed by atoms with van der Waals surface area (Å²) in [4.78, 5) is 0. The lowest BCUT2D eigenvalue weighted by Gasteiger charge is -2.25. The van der Waals surface area contributed by atoms with E-state index in [0.29, 0.717) is 0 Å². The van der Waals surface area contributed by atoms with Crippen molar-refractivity contribution in [2.24, 2.45) is 0 Å². The van der Waals surface area contributed by atoms with E-state index in [9.17, 15) is 8.42 Å². The van der Waals surface area contributed by atoms with Gasteiger partial charge in [0.1, 0.15) is 16.7 Å². The summed E-state index contributed by atoms with van der Waals surface area (Å²) in [6.45, 7) is 8.26. The molecule has 2 heterocycles. The van der Waals surface area contributed by atoms with Crippen LogP contribution in [0.2, 0.25) is 0 Å². The number of thioether (sulfide) groups is 2. The second-order valence-electron chi connectivity index (χ2n) is 4.63. The van der Waals surface area contributed by atoms with Gasteiger partial charge in [-0.3, -0.25) is 0 Å². The monoisotopic (exact) mass is 437 g/mol. The second kappa shape index (κ2) is 5.58. The van der Waals surface area contributed by atoms with E-state index >= 15 is 0 Å². The van der Waals surface area contributed by atoms with Gasteiger partial charge in [0.15, 0.2) is 9.84 Å². The maximum absolute atomic E-state index is 11.8. The van der Waals surface area contributed by atoms with Crippen molar-refractivity contribution < 1.29 is 30.0 Å². The fourth-order valence-corrected chi connectivity index (χ4v) is 11.8. The number of sulfone groups is 1. The standard InChI is InChI=1S/C10H17BrNO2S3.BrH/c1-4-12(5-2)8-15-9(3)6-17(13,14)7-10(9,11)16-8;/h4-7H2,1-3H3;1H/q+1;/p-1. The van der Waals surface area contributed by atoms with Crippen molar-refractivity contribution in [3.05, 3.63) is 0 Å². The predicted molar refractivity (Wildman–Crippen MR) is 80.2 cm³/mol. The number of hydrogen-bond acceptors (Lipinski definition) is 4. The zero-order valence-corrected chi connectivity index (χ0v) is 16.2. The summed E-state index contributed by atoms with van der Waals surface area (Å²) in [5.41, 5.74) is 0. The van der Waals surface area contributed by atoms with Gasteiger partial charge in [-0.15, -0.1) is 0 Å². The van der Waals surface area contributed by atoms with Gasteiger partial charge in [0, 0.05) is 0 Å². The number of hydrogen-bond donors (Lipinski definition) is 0.